The fraction of sp³-hybridized carbons (Fsp3) is 0.536. The summed E-state index contributed by atoms with van der Waals surface area (Å²) >= 11 is 0. The van der Waals surface area contributed by atoms with E-state index in [9.17, 15) is 15.0 Å². The van der Waals surface area contributed by atoms with Gasteiger partial charge in [-0.2, -0.15) is 0 Å². The third-order valence-corrected chi connectivity index (χ3v) is 8.51. The Hall–Kier alpha value is -3.69. The maximum Gasteiger partial charge on any atom is 0.306 e. The van der Waals surface area contributed by atoms with Crippen LogP contribution in [0.4, 0.5) is 17.6 Å². The number of rotatable bonds is 8. The zero-order valence-electron chi connectivity index (χ0n) is 21.4. The van der Waals surface area contributed by atoms with E-state index in [2.05, 4.69) is 20.2 Å². The number of fused-ring (bicyclic) bond motifs is 2. The van der Waals surface area contributed by atoms with Gasteiger partial charge in [0.15, 0.2) is 11.6 Å². The third-order valence-electron chi connectivity index (χ3n) is 8.51. The zero-order valence-corrected chi connectivity index (χ0v) is 21.4. The van der Waals surface area contributed by atoms with Crippen molar-refractivity contribution in [3.05, 3.63) is 54.0 Å². The smallest absolute Gasteiger partial charge is 0.306 e. The number of carboxylic acid groups (broad SMARTS) is 1. The van der Waals surface area contributed by atoms with Crippen molar-refractivity contribution >= 4 is 23.6 Å². The Bertz CT molecular complexity index is 1250. The van der Waals surface area contributed by atoms with Crippen LogP contribution in [-0.4, -0.2) is 55.8 Å². The first-order valence-electron chi connectivity index (χ1n) is 13.6. The molecule has 5 atom stereocenters. The Morgan fingerprint density at radius 2 is 2.11 bits per heavy atom. The number of carboxylic acids is 1. The second kappa shape index (κ2) is 10.6. The molecule has 200 valence electrons. The molecular weight excluding hydrogens is 484 g/mol. The molecule has 0 aromatic carbocycles. The molecule has 1 aliphatic heterocycles. The molecule has 2 bridgehead atoms. The molecule has 4 aliphatic rings. The molecule has 0 amide bonds. The van der Waals surface area contributed by atoms with Gasteiger partial charge in [-0.05, 0) is 62.5 Å². The van der Waals surface area contributed by atoms with Crippen LogP contribution < -0.4 is 10.2 Å². The van der Waals surface area contributed by atoms with E-state index in [1.165, 1.54) is 0 Å². The monoisotopic (exact) mass is 518 g/mol. The lowest BCUT2D eigenvalue weighted by atomic mass is 9.80. The van der Waals surface area contributed by atoms with Gasteiger partial charge in [-0.1, -0.05) is 6.08 Å². The molecule has 5 unspecified atom stereocenters. The van der Waals surface area contributed by atoms with Crippen LogP contribution in [0.5, 0.6) is 0 Å². The number of aliphatic hydroxyl groups excluding tert-OH is 1. The minimum atomic E-state index is -0.662. The molecular formula is C28H34N6O4. The van der Waals surface area contributed by atoms with Crippen molar-refractivity contribution in [2.75, 3.05) is 29.9 Å². The fourth-order valence-electron chi connectivity index (χ4n) is 6.64. The topological polar surface area (TPSA) is 134 Å². The molecule has 1 saturated heterocycles. The van der Waals surface area contributed by atoms with Gasteiger partial charge in [0.2, 0.25) is 5.95 Å². The lowest BCUT2D eigenvalue weighted by molar-refractivity contribution is -0.143. The standard InChI is InChI=1S/C28H34N6O4/c35-23-5-1-2-6-24(23)38-16-17-4-3-9-34(15-17)26-14-29-13-25(32-26)33-28-30-8-7-22(31-28)20-11-19-10-18(20)12-21(19)27(36)37/h2,6-8,13-14,17-21,35H,1,3-5,9-12,15-16H2,(H,36,37)(H,30,31,32,33). The Morgan fingerprint density at radius 3 is 2.92 bits per heavy atom. The molecule has 10 nitrogen and oxygen atoms in total. The van der Waals surface area contributed by atoms with E-state index in [-0.39, 0.29) is 17.8 Å². The number of aromatic nitrogens is 4. The van der Waals surface area contributed by atoms with E-state index in [1.807, 2.05) is 18.2 Å². The summed E-state index contributed by atoms with van der Waals surface area (Å²) in [5, 5.41) is 22.7. The second-order valence-corrected chi connectivity index (χ2v) is 11.0. The SMILES string of the molecule is O=C(O)C1CC2CC1CC2c1ccnc(Nc2cncc(N3CCCC(COC4=C(O)CCC=C4)C3)n2)n1. The summed E-state index contributed by atoms with van der Waals surface area (Å²) in [6.45, 7) is 2.27. The van der Waals surface area contributed by atoms with Crippen LogP contribution in [-0.2, 0) is 9.53 Å². The van der Waals surface area contributed by atoms with Gasteiger partial charge < -0.3 is 25.2 Å². The summed E-state index contributed by atoms with van der Waals surface area (Å²) < 4.78 is 5.93. The average molecular weight is 519 g/mol. The predicted octanol–water partition coefficient (Wildman–Crippen LogP) is 4.58. The van der Waals surface area contributed by atoms with E-state index >= 15 is 0 Å². The number of hydrogen-bond acceptors (Lipinski definition) is 9. The highest BCUT2D eigenvalue weighted by Crippen LogP contribution is 2.55. The number of hydrogen-bond donors (Lipinski definition) is 3. The highest BCUT2D eigenvalue weighted by Gasteiger charge is 2.49. The number of aliphatic carboxylic acids is 1. The van der Waals surface area contributed by atoms with E-state index in [4.69, 9.17) is 14.7 Å². The van der Waals surface area contributed by atoms with Crippen molar-refractivity contribution in [1.82, 2.24) is 19.9 Å². The summed E-state index contributed by atoms with van der Waals surface area (Å²) in [5.41, 5.74) is 0.968. The van der Waals surface area contributed by atoms with Crippen LogP contribution in [0.25, 0.3) is 0 Å². The Labute approximate surface area is 221 Å². The van der Waals surface area contributed by atoms with Crippen LogP contribution in [0.15, 0.2) is 48.3 Å². The van der Waals surface area contributed by atoms with Gasteiger partial charge in [0.1, 0.15) is 11.6 Å². The lowest BCUT2D eigenvalue weighted by Gasteiger charge is -2.33. The molecule has 0 spiro atoms. The van der Waals surface area contributed by atoms with Crippen molar-refractivity contribution in [2.45, 2.75) is 50.9 Å². The number of aliphatic hydroxyl groups is 1. The summed E-state index contributed by atoms with van der Waals surface area (Å²) in [5.74, 6) is 3.15. The highest BCUT2D eigenvalue weighted by atomic mass is 16.5. The molecule has 3 aliphatic carbocycles. The van der Waals surface area contributed by atoms with Crippen molar-refractivity contribution in [3.63, 3.8) is 0 Å². The van der Waals surface area contributed by atoms with Crippen LogP contribution in [0.3, 0.4) is 0 Å². The number of anilines is 3. The maximum atomic E-state index is 11.5. The molecule has 0 radical (unpaired) electrons. The lowest BCUT2D eigenvalue weighted by Crippen LogP contribution is -2.37. The first-order chi connectivity index (χ1) is 18.5. The summed E-state index contributed by atoms with van der Waals surface area (Å²) in [4.78, 5) is 32.1. The van der Waals surface area contributed by atoms with Gasteiger partial charge in [0.05, 0.1) is 24.9 Å². The van der Waals surface area contributed by atoms with Gasteiger partial charge in [-0.25, -0.2) is 15.0 Å². The molecule has 38 heavy (non-hydrogen) atoms. The molecule has 2 aromatic heterocycles. The van der Waals surface area contributed by atoms with Crippen LogP contribution in [0.2, 0.25) is 0 Å². The Kier molecular flexibility index (Phi) is 6.86. The van der Waals surface area contributed by atoms with Crippen molar-refractivity contribution in [2.24, 2.45) is 23.7 Å². The quantitative estimate of drug-likeness (QED) is 0.456. The first kappa shape index (κ1) is 24.6. The Balaban J connectivity index is 1.08. The van der Waals surface area contributed by atoms with Crippen molar-refractivity contribution in [3.8, 4) is 0 Å². The van der Waals surface area contributed by atoms with Crippen LogP contribution in [0, 0.1) is 23.7 Å². The molecule has 6 rings (SSSR count). The first-order valence-corrected chi connectivity index (χ1v) is 13.6. The van der Waals surface area contributed by atoms with Gasteiger partial charge in [0.25, 0.3) is 0 Å². The van der Waals surface area contributed by atoms with Crippen LogP contribution >= 0.6 is 0 Å². The van der Waals surface area contributed by atoms with Gasteiger partial charge in [0, 0.05) is 43.2 Å². The van der Waals surface area contributed by atoms with Crippen molar-refractivity contribution in [1.29, 1.82) is 0 Å². The number of nitrogens with zero attached hydrogens (tertiary/aromatic N) is 5. The van der Waals surface area contributed by atoms with Crippen LogP contribution in [0.1, 0.15) is 56.6 Å². The molecule has 3 N–H and O–H groups in total. The molecule has 10 heteroatoms. The molecule has 2 saturated carbocycles. The maximum absolute atomic E-state index is 11.5. The number of carbonyl (C=O) groups is 1. The largest absolute Gasteiger partial charge is 0.508 e. The van der Waals surface area contributed by atoms with Gasteiger partial charge in [-0.15, -0.1) is 0 Å². The van der Waals surface area contributed by atoms with E-state index in [0.29, 0.717) is 48.1 Å². The van der Waals surface area contributed by atoms with E-state index < -0.39 is 5.97 Å². The fourth-order valence-corrected chi connectivity index (χ4v) is 6.64. The number of piperidine rings is 1. The molecule has 3 fully saturated rings. The minimum Gasteiger partial charge on any atom is -0.508 e. The molecule has 2 aromatic rings. The number of ether oxygens (including phenoxy) is 1. The van der Waals surface area contributed by atoms with Gasteiger partial charge >= 0.3 is 5.97 Å². The summed E-state index contributed by atoms with van der Waals surface area (Å²) in [6.07, 6.45) is 15.3. The number of allylic oxidation sites excluding steroid dienone is 3. The van der Waals surface area contributed by atoms with Gasteiger partial charge in [-0.3, -0.25) is 9.78 Å². The molecule has 3 heterocycles. The predicted molar refractivity (Wildman–Crippen MR) is 141 cm³/mol. The second-order valence-electron chi connectivity index (χ2n) is 11.0. The highest BCUT2D eigenvalue weighted by molar-refractivity contribution is 5.71. The van der Waals surface area contributed by atoms with Crippen molar-refractivity contribution < 1.29 is 19.7 Å². The van der Waals surface area contributed by atoms with E-state index in [0.717, 1.165) is 63.1 Å². The summed E-state index contributed by atoms with van der Waals surface area (Å²) in [7, 11) is 0. The number of nitrogens with one attached hydrogen (secondary N) is 1. The van der Waals surface area contributed by atoms with E-state index in [1.54, 1.807) is 18.6 Å². The normalized spacial score (nSPS) is 28.5. The average Bonchev–Trinajstić information content (AvgIpc) is 3.55. The minimum absolute atomic E-state index is 0.206. The summed E-state index contributed by atoms with van der Waals surface area (Å²) in [6, 6.07) is 1.95. The Morgan fingerprint density at radius 1 is 1.18 bits per heavy atom. The third kappa shape index (κ3) is 5.16. The zero-order chi connectivity index (χ0) is 26.1.